The summed E-state index contributed by atoms with van der Waals surface area (Å²) in [7, 11) is 0. The lowest BCUT2D eigenvalue weighted by Gasteiger charge is -2.21. The minimum Gasteiger partial charge on any atom is -0.480 e. The molecule has 128 valence electrons. The number of rotatable bonds is 6. The van der Waals surface area contributed by atoms with Gasteiger partial charge in [0.05, 0.1) is 0 Å². The van der Waals surface area contributed by atoms with E-state index in [-0.39, 0.29) is 18.3 Å². The number of halogens is 1. The summed E-state index contributed by atoms with van der Waals surface area (Å²) in [5.74, 6) is -0.428. The minimum absolute atomic E-state index is 0. The first-order chi connectivity index (χ1) is 10.5. The third-order valence-corrected chi connectivity index (χ3v) is 3.89. The number of carbonyl (C=O) groups excluding carboxylic acids is 1. The molecule has 0 saturated carbocycles. The Morgan fingerprint density at radius 2 is 2.13 bits per heavy atom. The van der Waals surface area contributed by atoms with Gasteiger partial charge in [-0.05, 0) is 43.0 Å². The van der Waals surface area contributed by atoms with E-state index in [4.69, 9.17) is 0 Å². The van der Waals surface area contributed by atoms with Gasteiger partial charge in [0.15, 0.2) is 0 Å². The van der Waals surface area contributed by atoms with Crippen LogP contribution in [-0.2, 0) is 11.3 Å². The number of nitrogens with one attached hydrogen (secondary N) is 1. The molecule has 1 aromatic rings. The number of carboxylic acids is 1. The van der Waals surface area contributed by atoms with E-state index in [9.17, 15) is 14.7 Å². The van der Waals surface area contributed by atoms with E-state index in [0.717, 1.165) is 18.5 Å². The van der Waals surface area contributed by atoms with E-state index in [1.807, 2.05) is 23.1 Å². The second-order valence-electron chi connectivity index (χ2n) is 6.27. The normalized spacial score (nSPS) is 17.8. The van der Waals surface area contributed by atoms with Crippen LogP contribution >= 0.6 is 12.4 Å². The van der Waals surface area contributed by atoms with Gasteiger partial charge < -0.3 is 10.4 Å². The van der Waals surface area contributed by atoms with Crippen LogP contribution < -0.4 is 5.32 Å². The predicted molar refractivity (Wildman–Crippen MR) is 91.9 cm³/mol. The molecule has 1 aliphatic rings. The molecule has 0 aromatic heterocycles. The molecule has 1 heterocycles. The SMILES string of the molecule is CC(C)CNC(=O)c1cccc(CN2CCCC2C(=O)O)c1.Cl. The van der Waals surface area contributed by atoms with Crippen LogP contribution in [0.3, 0.4) is 0 Å². The second kappa shape index (κ2) is 8.89. The number of carbonyl (C=O) groups is 2. The molecular formula is C17H25ClN2O3. The number of likely N-dealkylation sites (tertiary alicyclic amines) is 1. The van der Waals surface area contributed by atoms with Crippen molar-refractivity contribution < 1.29 is 14.7 Å². The second-order valence-corrected chi connectivity index (χ2v) is 6.27. The van der Waals surface area contributed by atoms with Crippen molar-refractivity contribution in [1.82, 2.24) is 10.2 Å². The summed E-state index contributed by atoms with van der Waals surface area (Å²) < 4.78 is 0. The summed E-state index contributed by atoms with van der Waals surface area (Å²) in [5.41, 5.74) is 1.61. The Kier molecular flexibility index (Phi) is 7.52. The van der Waals surface area contributed by atoms with Crippen LogP contribution in [0, 0.1) is 5.92 Å². The van der Waals surface area contributed by atoms with E-state index >= 15 is 0 Å². The molecule has 0 aliphatic carbocycles. The predicted octanol–water partition coefficient (Wildman–Crippen LogP) is 2.54. The summed E-state index contributed by atoms with van der Waals surface area (Å²) in [5, 5.41) is 12.1. The topological polar surface area (TPSA) is 69.6 Å². The molecule has 1 saturated heterocycles. The fourth-order valence-electron chi connectivity index (χ4n) is 2.74. The lowest BCUT2D eigenvalue weighted by atomic mass is 10.1. The first-order valence-electron chi connectivity index (χ1n) is 7.81. The maximum absolute atomic E-state index is 12.1. The number of amides is 1. The Morgan fingerprint density at radius 3 is 2.78 bits per heavy atom. The van der Waals surface area contributed by atoms with Crippen molar-refractivity contribution in [3.8, 4) is 0 Å². The summed E-state index contributed by atoms with van der Waals surface area (Å²) >= 11 is 0. The van der Waals surface area contributed by atoms with E-state index in [2.05, 4.69) is 19.2 Å². The summed E-state index contributed by atoms with van der Waals surface area (Å²) in [6.07, 6.45) is 1.61. The van der Waals surface area contributed by atoms with Crippen molar-refractivity contribution >= 4 is 24.3 Å². The van der Waals surface area contributed by atoms with Crippen LogP contribution in [0.4, 0.5) is 0 Å². The molecular weight excluding hydrogens is 316 g/mol. The smallest absolute Gasteiger partial charge is 0.320 e. The standard InChI is InChI=1S/C17H24N2O3.ClH/c1-12(2)10-18-16(20)14-6-3-5-13(9-14)11-19-8-4-7-15(19)17(21)22;/h3,5-6,9,12,15H,4,7-8,10-11H2,1-2H3,(H,18,20)(H,21,22);1H. The third-order valence-electron chi connectivity index (χ3n) is 3.89. The molecule has 0 bridgehead atoms. The monoisotopic (exact) mass is 340 g/mol. The van der Waals surface area contributed by atoms with Crippen molar-refractivity contribution in [3.05, 3.63) is 35.4 Å². The van der Waals surface area contributed by atoms with Gasteiger partial charge in [0.2, 0.25) is 0 Å². The van der Waals surface area contributed by atoms with Crippen molar-refractivity contribution in [2.75, 3.05) is 13.1 Å². The van der Waals surface area contributed by atoms with Crippen LogP contribution in [0.15, 0.2) is 24.3 Å². The Balaban J connectivity index is 0.00000264. The largest absolute Gasteiger partial charge is 0.480 e. The van der Waals surface area contributed by atoms with Crippen molar-refractivity contribution in [2.45, 2.75) is 39.3 Å². The van der Waals surface area contributed by atoms with Crippen molar-refractivity contribution in [2.24, 2.45) is 5.92 Å². The van der Waals surface area contributed by atoms with Gasteiger partial charge in [-0.25, -0.2) is 0 Å². The summed E-state index contributed by atoms with van der Waals surface area (Å²) in [6.45, 7) is 6.12. The molecule has 0 radical (unpaired) electrons. The highest BCUT2D eigenvalue weighted by atomic mass is 35.5. The van der Waals surface area contributed by atoms with Gasteiger partial charge in [0.25, 0.3) is 5.91 Å². The van der Waals surface area contributed by atoms with Gasteiger partial charge in [-0.3, -0.25) is 14.5 Å². The fraction of sp³-hybridized carbons (Fsp3) is 0.529. The van der Waals surface area contributed by atoms with E-state index < -0.39 is 12.0 Å². The van der Waals surface area contributed by atoms with Crippen LogP contribution in [0.1, 0.15) is 42.6 Å². The molecule has 2 rings (SSSR count). The quantitative estimate of drug-likeness (QED) is 0.835. The van der Waals surface area contributed by atoms with Crippen molar-refractivity contribution in [3.63, 3.8) is 0 Å². The number of aliphatic carboxylic acids is 1. The fourth-order valence-corrected chi connectivity index (χ4v) is 2.74. The van der Waals surface area contributed by atoms with E-state index in [0.29, 0.717) is 31.0 Å². The maximum atomic E-state index is 12.1. The zero-order valence-corrected chi connectivity index (χ0v) is 14.4. The Labute approximate surface area is 143 Å². The third kappa shape index (κ3) is 5.52. The van der Waals surface area contributed by atoms with Gasteiger partial charge in [0, 0.05) is 18.7 Å². The van der Waals surface area contributed by atoms with Crippen LogP contribution in [0.25, 0.3) is 0 Å². The molecule has 1 unspecified atom stereocenters. The first kappa shape index (κ1) is 19.5. The molecule has 0 spiro atoms. The molecule has 6 heteroatoms. The van der Waals surface area contributed by atoms with E-state index in [1.165, 1.54) is 0 Å². The van der Waals surface area contributed by atoms with Gasteiger partial charge in [0.1, 0.15) is 6.04 Å². The number of nitrogens with zero attached hydrogens (tertiary/aromatic N) is 1. The van der Waals surface area contributed by atoms with Gasteiger partial charge >= 0.3 is 5.97 Å². The van der Waals surface area contributed by atoms with Crippen LogP contribution in [-0.4, -0.2) is 41.0 Å². The molecule has 2 N–H and O–H groups in total. The molecule has 5 nitrogen and oxygen atoms in total. The van der Waals surface area contributed by atoms with Crippen LogP contribution in [0.2, 0.25) is 0 Å². The van der Waals surface area contributed by atoms with Gasteiger partial charge in [-0.15, -0.1) is 12.4 Å². The van der Waals surface area contributed by atoms with Crippen molar-refractivity contribution in [1.29, 1.82) is 0 Å². The number of hydrogen-bond acceptors (Lipinski definition) is 3. The molecule has 23 heavy (non-hydrogen) atoms. The maximum Gasteiger partial charge on any atom is 0.320 e. The molecule has 1 aromatic carbocycles. The highest BCUT2D eigenvalue weighted by molar-refractivity contribution is 5.94. The minimum atomic E-state index is -0.761. The van der Waals surface area contributed by atoms with Crippen LogP contribution in [0.5, 0.6) is 0 Å². The number of benzene rings is 1. The molecule has 1 atom stereocenters. The lowest BCUT2D eigenvalue weighted by molar-refractivity contribution is -0.142. The average Bonchev–Trinajstić information content (AvgIpc) is 2.93. The van der Waals surface area contributed by atoms with E-state index in [1.54, 1.807) is 6.07 Å². The summed E-state index contributed by atoms with van der Waals surface area (Å²) in [6, 6.07) is 7.03. The zero-order chi connectivity index (χ0) is 16.1. The lowest BCUT2D eigenvalue weighted by Crippen LogP contribution is -2.35. The first-order valence-corrected chi connectivity index (χ1v) is 7.81. The molecule has 1 aliphatic heterocycles. The highest BCUT2D eigenvalue weighted by Gasteiger charge is 2.30. The van der Waals surface area contributed by atoms with Gasteiger partial charge in [-0.1, -0.05) is 26.0 Å². The highest BCUT2D eigenvalue weighted by Crippen LogP contribution is 2.20. The summed E-state index contributed by atoms with van der Waals surface area (Å²) in [4.78, 5) is 25.3. The Hall–Kier alpha value is -1.59. The molecule has 1 amide bonds. The average molecular weight is 341 g/mol. The Morgan fingerprint density at radius 1 is 1.39 bits per heavy atom. The molecule has 1 fully saturated rings. The Bertz CT molecular complexity index is 548. The number of hydrogen-bond donors (Lipinski definition) is 2. The number of carboxylic acid groups (broad SMARTS) is 1. The van der Waals surface area contributed by atoms with Gasteiger partial charge in [-0.2, -0.15) is 0 Å². The zero-order valence-electron chi connectivity index (χ0n) is 13.6.